The molecule has 2 heterocycles. The quantitative estimate of drug-likeness (QED) is 0.871. The molecule has 23 heavy (non-hydrogen) atoms. The molecule has 4 nitrogen and oxygen atoms in total. The Balaban J connectivity index is 1.53. The second-order valence-electron chi connectivity index (χ2n) is 5.95. The van der Waals surface area contributed by atoms with Gasteiger partial charge in [-0.3, -0.25) is 4.98 Å². The normalized spacial score (nSPS) is 15.9. The van der Waals surface area contributed by atoms with Crippen LogP contribution in [0, 0.1) is 11.3 Å². The van der Waals surface area contributed by atoms with Crippen molar-refractivity contribution >= 4 is 5.69 Å². The monoisotopic (exact) mass is 306 g/mol. The molecule has 1 aromatic heterocycles. The lowest BCUT2D eigenvalue weighted by Gasteiger charge is -2.23. The molecule has 0 bridgehead atoms. The molecule has 0 saturated carbocycles. The van der Waals surface area contributed by atoms with Gasteiger partial charge in [-0.05, 0) is 61.3 Å². The molecule has 0 N–H and O–H groups in total. The Bertz CT molecular complexity index is 645. The number of nitrogens with zero attached hydrogens (tertiary/aromatic N) is 4. The maximum absolute atomic E-state index is 8.90. The third-order valence-electron chi connectivity index (χ3n) is 4.42. The molecule has 1 aromatic carbocycles. The molecule has 4 heteroatoms. The Morgan fingerprint density at radius 3 is 2.48 bits per heavy atom. The van der Waals surface area contributed by atoms with E-state index in [0.717, 1.165) is 44.7 Å². The van der Waals surface area contributed by atoms with E-state index in [9.17, 15) is 0 Å². The van der Waals surface area contributed by atoms with E-state index in [1.165, 1.54) is 17.7 Å². The lowest BCUT2D eigenvalue weighted by atomic mass is 10.2. The zero-order valence-electron chi connectivity index (χ0n) is 13.4. The molecule has 0 atom stereocenters. The van der Waals surface area contributed by atoms with Crippen LogP contribution in [-0.4, -0.2) is 42.6 Å². The van der Waals surface area contributed by atoms with Gasteiger partial charge in [0.1, 0.15) is 0 Å². The summed E-state index contributed by atoms with van der Waals surface area (Å²) in [7, 11) is 0. The Labute approximate surface area is 138 Å². The van der Waals surface area contributed by atoms with E-state index in [2.05, 4.69) is 45.1 Å². The van der Waals surface area contributed by atoms with Gasteiger partial charge in [0.15, 0.2) is 0 Å². The van der Waals surface area contributed by atoms with Crippen molar-refractivity contribution in [3.05, 3.63) is 59.9 Å². The standard InChI is InChI=1S/C19H22N4/c20-16-18-2-4-19(5-3-18)23-12-1-11-22(14-15-23)13-8-17-6-9-21-10-7-17/h2-7,9-10H,1,8,11-15H2. The summed E-state index contributed by atoms with van der Waals surface area (Å²) in [6, 6.07) is 14.3. The molecule has 1 saturated heterocycles. The Kier molecular flexibility index (Phi) is 5.23. The Hall–Kier alpha value is -2.38. The summed E-state index contributed by atoms with van der Waals surface area (Å²) < 4.78 is 0. The number of hydrogen-bond donors (Lipinski definition) is 0. The highest BCUT2D eigenvalue weighted by Crippen LogP contribution is 2.17. The van der Waals surface area contributed by atoms with Crippen LogP contribution in [0.1, 0.15) is 17.5 Å². The van der Waals surface area contributed by atoms with Gasteiger partial charge < -0.3 is 9.80 Å². The van der Waals surface area contributed by atoms with E-state index in [1.54, 1.807) is 0 Å². The smallest absolute Gasteiger partial charge is 0.0991 e. The van der Waals surface area contributed by atoms with Crippen molar-refractivity contribution in [2.24, 2.45) is 0 Å². The number of anilines is 1. The van der Waals surface area contributed by atoms with Gasteiger partial charge in [-0.15, -0.1) is 0 Å². The third kappa shape index (κ3) is 4.30. The molecule has 0 aliphatic carbocycles. The summed E-state index contributed by atoms with van der Waals surface area (Å²) in [6.07, 6.45) is 5.99. The Morgan fingerprint density at radius 2 is 1.74 bits per heavy atom. The fraction of sp³-hybridized carbons (Fsp3) is 0.368. The number of aromatic nitrogens is 1. The van der Waals surface area contributed by atoms with Crippen molar-refractivity contribution in [3.8, 4) is 6.07 Å². The third-order valence-corrected chi connectivity index (χ3v) is 4.42. The number of pyridine rings is 1. The SMILES string of the molecule is N#Cc1ccc(N2CCCN(CCc3ccncc3)CC2)cc1. The minimum atomic E-state index is 0.725. The summed E-state index contributed by atoms with van der Waals surface area (Å²) >= 11 is 0. The Morgan fingerprint density at radius 1 is 0.957 bits per heavy atom. The average molecular weight is 306 g/mol. The van der Waals surface area contributed by atoms with Gasteiger partial charge >= 0.3 is 0 Å². The van der Waals surface area contributed by atoms with Crippen molar-refractivity contribution in [2.75, 3.05) is 37.6 Å². The van der Waals surface area contributed by atoms with Crippen molar-refractivity contribution in [1.82, 2.24) is 9.88 Å². The summed E-state index contributed by atoms with van der Waals surface area (Å²) in [5, 5.41) is 8.90. The van der Waals surface area contributed by atoms with Crippen LogP contribution in [0.4, 0.5) is 5.69 Å². The van der Waals surface area contributed by atoms with Crippen molar-refractivity contribution in [2.45, 2.75) is 12.8 Å². The fourth-order valence-electron chi connectivity index (χ4n) is 3.04. The zero-order valence-corrected chi connectivity index (χ0v) is 13.4. The van der Waals surface area contributed by atoms with E-state index in [1.807, 2.05) is 24.5 Å². The molecule has 0 spiro atoms. The first-order valence-corrected chi connectivity index (χ1v) is 8.21. The van der Waals surface area contributed by atoms with E-state index in [-0.39, 0.29) is 0 Å². The molecule has 3 rings (SSSR count). The average Bonchev–Trinajstić information content (AvgIpc) is 2.87. The maximum atomic E-state index is 8.90. The summed E-state index contributed by atoms with van der Waals surface area (Å²) in [6.45, 7) is 5.47. The molecule has 0 radical (unpaired) electrons. The molecular formula is C19H22N4. The molecule has 118 valence electrons. The summed E-state index contributed by atoms with van der Waals surface area (Å²) in [5.41, 5.74) is 3.30. The number of benzene rings is 1. The molecule has 0 amide bonds. The van der Waals surface area contributed by atoms with Crippen molar-refractivity contribution in [3.63, 3.8) is 0 Å². The van der Waals surface area contributed by atoms with Crippen LogP contribution in [0.2, 0.25) is 0 Å². The molecular weight excluding hydrogens is 284 g/mol. The first-order chi connectivity index (χ1) is 11.3. The largest absolute Gasteiger partial charge is 0.370 e. The molecule has 2 aromatic rings. The van der Waals surface area contributed by atoms with Gasteiger partial charge in [0.25, 0.3) is 0 Å². The minimum absolute atomic E-state index is 0.725. The van der Waals surface area contributed by atoms with Crippen LogP contribution in [-0.2, 0) is 6.42 Å². The van der Waals surface area contributed by atoms with E-state index >= 15 is 0 Å². The molecule has 0 unspecified atom stereocenters. The second-order valence-corrected chi connectivity index (χ2v) is 5.95. The topological polar surface area (TPSA) is 43.2 Å². The van der Waals surface area contributed by atoms with Crippen molar-refractivity contribution in [1.29, 1.82) is 5.26 Å². The number of nitriles is 1. The van der Waals surface area contributed by atoms with E-state index in [4.69, 9.17) is 5.26 Å². The van der Waals surface area contributed by atoms with Crippen LogP contribution in [0.5, 0.6) is 0 Å². The highest BCUT2D eigenvalue weighted by atomic mass is 15.2. The van der Waals surface area contributed by atoms with Crippen molar-refractivity contribution < 1.29 is 0 Å². The maximum Gasteiger partial charge on any atom is 0.0991 e. The number of rotatable bonds is 4. The highest BCUT2D eigenvalue weighted by Gasteiger charge is 2.15. The van der Waals surface area contributed by atoms with Gasteiger partial charge in [0.05, 0.1) is 11.6 Å². The predicted molar refractivity (Wildman–Crippen MR) is 92.4 cm³/mol. The second kappa shape index (κ2) is 7.75. The van der Waals surface area contributed by atoms with Gasteiger partial charge in [0, 0.05) is 44.3 Å². The van der Waals surface area contributed by atoms with Gasteiger partial charge in [-0.25, -0.2) is 0 Å². The van der Waals surface area contributed by atoms with Crippen LogP contribution < -0.4 is 4.90 Å². The van der Waals surface area contributed by atoms with Crippen LogP contribution in [0.3, 0.4) is 0 Å². The van der Waals surface area contributed by atoms with Crippen LogP contribution in [0.15, 0.2) is 48.8 Å². The van der Waals surface area contributed by atoms with Crippen LogP contribution in [0.25, 0.3) is 0 Å². The molecule has 1 aliphatic heterocycles. The number of hydrogen-bond acceptors (Lipinski definition) is 4. The summed E-state index contributed by atoms with van der Waals surface area (Å²) in [4.78, 5) is 9.04. The van der Waals surface area contributed by atoms with Gasteiger partial charge in [0.2, 0.25) is 0 Å². The zero-order chi connectivity index (χ0) is 15.9. The van der Waals surface area contributed by atoms with Crippen LogP contribution >= 0.6 is 0 Å². The first kappa shape index (κ1) is 15.5. The first-order valence-electron chi connectivity index (χ1n) is 8.21. The lowest BCUT2D eigenvalue weighted by Crippen LogP contribution is -2.32. The van der Waals surface area contributed by atoms with E-state index in [0.29, 0.717) is 0 Å². The molecule has 1 aliphatic rings. The fourth-order valence-corrected chi connectivity index (χ4v) is 3.04. The lowest BCUT2D eigenvalue weighted by molar-refractivity contribution is 0.297. The predicted octanol–water partition coefficient (Wildman–Crippen LogP) is 2.71. The van der Waals surface area contributed by atoms with E-state index < -0.39 is 0 Å². The van der Waals surface area contributed by atoms with Gasteiger partial charge in [-0.2, -0.15) is 5.26 Å². The summed E-state index contributed by atoms with van der Waals surface area (Å²) in [5.74, 6) is 0. The van der Waals surface area contributed by atoms with Gasteiger partial charge in [-0.1, -0.05) is 0 Å². The highest BCUT2D eigenvalue weighted by molar-refractivity contribution is 5.49. The minimum Gasteiger partial charge on any atom is -0.370 e. The molecule has 1 fully saturated rings.